The van der Waals surface area contributed by atoms with Crippen molar-refractivity contribution in [3.63, 3.8) is 0 Å². The fourth-order valence-corrected chi connectivity index (χ4v) is 1.06. The summed E-state index contributed by atoms with van der Waals surface area (Å²) in [5, 5.41) is 0. The van der Waals surface area contributed by atoms with Crippen LogP contribution >= 0.6 is 0 Å². The van der Waals surface area contributed by atoms with Crippen LogP contribution in [0.15, 0.2) is 30.3 Å². The number of rotatable bonds is 4. The highest BCUT2D eigenvalue weighted by atomic mass is 19.1. The molecule has 16 heavy (non-hydrogen) atoms. The Kier molecular flexibility index (Phi) is 4.70. The van der Waals surface area contributed by atoms with Gasteiger partial charge in [0.05, 0.1) is 6.10 Å². The second kappa shape index (κ2) is 6.05. The fourth-order valence-electron chi connectivity index (χ4n) is 1.06. The molecule has 0 aliphatic carbocycles. The molecule has 3 heteroatoms. The van der Waals surface area contributed by atoms with Gasteiger partial charge in [-0.05, 0) is 37.1 Å². The van der Waals surface area contributed by atoms with Gasteiger partial charge in [-0.3, -0.25) is 0 Å². The monoisotopic (exact) mass is 222 g/mol. The molecule has 86 valence electrons. The SMILES string of the molecule is CCC(C)OC(=O)/C=C/c1ccc(F)cc1. The Bertz CT molecular complexity index is 368. The van der Waals surface area contributed by atoms with E-state index in [-0.39, 0.29) is 17.9 Å². The first kappa shape index (κ1) is 12.4. The highest BCUT2D eigenvalue weighted by Crippen LogP contribution is 2.05. The molecule has 0 bridgehead atoms. The largest absolute Gasteiger partial charge is 0.460 e. The first-order valence-corrected chi connectivity index (χ1v) is 5.26. The van der Waals surface area contributed by atoms with E-state index in [4.69, 9.17) is 4.74 Å². The Labute approximate surface area is 94.7 Å². The molecule has 0 saturated carbocycles. The van der Waals surface area contributed by atoms with E-state index in [1.54, 1.807) is 18.2 Å². The molecule has 0 amide bonds. The maximum atomic E-state index is 12.6. The highest BCUT2D eigenvalue weighted by molar-refractivity contribution is 5.87. The maximum Gasteiger partial charge on any atom is 0.331 e. The van der Waals surface area contributed by atoms with Crippen molar-refractivity contribution >= 4 is 12.0 Å². The van der Waals surface area contributed by atoms with E-state index in [0.717, 1.165) is 12.0 Å². The molecule has 0 heterocycles. The molecule has 1 aromatic rings. The Balaban J connectivity index is 2.53. The van der Waals surface area contributed by atoms with Crippen LogP contribution in [0.3, 0.4) is 0 Å². The van der Waals surface area contributed by atoms with Gasteiger partial charge >= 0.3 is 5.97 Å². The van der Waals surface area contributed by atoms with Crippen molar-refractivity contribution in [3.8, 4) is 0 Å². The van der Waals surface area contributed by atoms with Crippen molar-refractivity contribution in [1.29, 1.82) is 0 Å². The van der Waals surface area contributed by atoms with Crippen molar-refractivity contribution in [3.05, 3.63) is 41.7 Å². The Morgan fingerprint density at radius 1 is 1.44 bits per heavy atom. The van der Waals surface area contributed by atoms with Gasteiger partial charge in [0.2, 0.25) is 0 Å². The van der Waals surface area contributed by atoms with Crippen LogP contribution in [0.2, 0.25) is 0 Å². The van der Waals surface area contributed by atoms with Crippen LogP contribution in [0.4, 0.5) is 4.39 Å². The van der Waals surface area contributed by atoms with Crippen molar-refractivity contribution in [2.24, 2.45) is 0 Å². The predicted molar refractivity (Wildman–Crippen MR) is 61.3 cm³/mol. The normalized spacial score (nSPS) is 12.7. The lowest BCUT2D eigenvalue weighted by Crippen LogP contribution is -2.11. The van der Waals surface area contributed by atoms with E-state index in [1.165, 1.54) is 18.2 Å². The second-order valence-electron chi connectivity index (χ2n) is 3.54. The summed E-state index contributed by atoms with van der Waals surface area (Å²) in [6.45, 7) is 3.78. The van der Waals surface area contributed by atoms with Gasteiger partial charge in [0, 0.05) is 6.08 Å². The van der Waals surface area contributed by atoms with Gasteiger partial charge in [-0.15, -0.1) is 0 Å². The van der Waals surface area contributed by atoms with Gasteiger partial charge < -0.3 is 4.74 Å². The van der Waals surface area contributed by atoms with E-state index < -0.39 is 0 Å². The lowest BCUT2D eigenvalue weighted by atomic mass is 10.2. The number of benzene rings is 1. The molecule has 0 aliphatic heterocycles. The van der Waals surface area contributed by atoms with E-state index in [9.17, 15) is 9.18 Å². The summed E-state index contributed by atoms with van der Waals surface area (Å²) in [6, 6.07) is 5.89. The molecular formula is C13H15FO2. The number of ether oxygens (including phenoxy) is 1. The van der Waals surface area contributed by atoms with Gasteiger partial charge in [0.25, 0.3) is 0 Å². The first-order valence-electron chi connectivity index (χ1n) is 5.26. The summed E-state index contributed by atoms with van der Waals surface area (Å²) in [5.41, 5.74) is 0.766. The summed E-state index contributed by atoms with van der Waals surface area (Å²) >= 11 is 0. The smallest absolute Gasteiger partial charge is 0.331 e. The minimum absolute atomic E-state index is 0.0784. The van der Waals surface area contributed by atoms with E-state index in [0.29, 0.717) is 0 Å². The molecule has 0 saturated heterocycles. The molecule has 0 spiro atoms. The molecule has 1 aromatic carbocycles. The molecule has 1 atom stereocenters. The van der Waals surface area contributed by atoms with Crippen LogP contribution in [0.5, 0.6) is 0 Å². The minimum atomic E-state index is -0.376. The van der Waals surface area contributed by atoms with Crippen LogP contribution < -0.4 is 0 Å². The second-order valence-corrected chi connectivity index (χ2v) is 3.54. The van der Waals surface area contributed by atoms with E-state index in [1.807, 2.05) is 13.8 Å². The van der Waals surface area contributed by atoms with Crippen LogP contribution in [0, 0.1) is 5.82 Å². The molecule has 0 aliphatic rings. The van der Waals surface area contributed by atoms with Crippen molar-refractivity contribution in [1.82, 2.24) is 0 Å². The number of esters is 1. The number of hydrogen-bond acceptors (Lipinski definition) is 2. The Morgan fingerprint density at radius 2 is 2.06 bits per heavy atom. The lowest BCUT2D eigenvalue weighted by Gasteiger charge is -2.07. The molecule has 2 nitrogen and oxygen atoms in total. The van der Waals surface area contributed by atoms with Gasteiger partial charge in [0.15, 0.2) is 0 Å². The van der Waals surface area contributed by atoms with Crippen LogP contribution in [0.25, 0.3) is 6.08 Å². The standard InChI is InChI=1S/C13H15FO2/c1-3-10(2)16-13(15)9-6-11-4-7-12(14)8-5-11/h4-10H,3H2,1-2H3/b9-6+. The van der Waals surface area contributed by atoms with Crippen LogP contribution in [0.1, 0.15) is 25.8 Å². The van der Waals surface area contributed by atoms with Crippen molar-refractivity contribution in [2.45, 2.75) is 26.4 Å². The number of halogens is 1. The number of carbonyl (C=O) groups is 1. The molecule has 1 rings (SSSR count). The van der Waals surface area contributed by atoms with Crippen molar-refractivity contribution < 1.29 is 13.9 Å². The maximum absolute atomic E-state index is 12.6. The number of hydrogen-bond donors (Lipinski definition) is 0. The average molecular weight is 222 g/mol. The zero-order valence-corrected chi connectivity index (χ0v) is 9.44. The Morgan fingerprint density at radius 3 is 2.62 bits per heavy atom. The molecule has 0 N–H and O–H groups in total. The lowest BCUT2D eigenvalue weighted by molar-refractivity contribution is -0.142. The van der Waals surface area contributed by atoms with E-state index in [2.05, 4.69) is 0 Å². The molecular weight excluding hydrogens is 207 g/mol. The molecule has 0 fully saturated rings. The van der Waals surface area contributed by atoms with Crippen LogP contribution in [-0.4, -0.2) is 12.1 Å². The van der Waals surface area contributed by atoms with Crippen molar-refractivity contribution in [2.75, 3.05) is 0 Å². The van der Waals surface area contributed by atoms with Crippen LogP contribution in [-0.2, 0) is 9.53 Å². The van der Waals surface area contributed by atoms with Gasteiger partial charge in [-0.1, -0.05) is 19.1 Å². The van der Waals surface area contributed by atoms with Gasteiger partial charge in [0.1, 0.15) is 5.82 Å². The first-order chi connectivity index (χ1) is 7.61. The Hall–Kier alpha value is -1.64. The zero-order chi connectivity index (χ0) is 12.0. The zero-order valence-electron chi connectivity index (χ0n) is 9.44. The third-order valence-corrected chi connectivity index (χ3v) is 2.17. The minimum Gasteiger partial charge on any atom is -0.460 e. The predicted octanol–water partition coefficient (Wildman–Crippen LogP) is 3.18. The highest BCUT2D eigenvalue weighted by Gasteiger charge is 2.03. The quantitative estimate of drug-likeness (QED) is 0.577. The molecule has 0 aromatic heterocycles. The fraction of sp³-hybridized carbons (Fsp3) is 0.308. The molecule has 1 unspecified atom stereocenters. The summed E-state index contributed by atoms with van der Waals surface area (Å²) in [4.78, 5) is 11.3. The average Bonchev–Trinajstić information content (AvgIpc) is 2.28. The summed E-state index contributed by atoms with van der Waals surface area (Å²) in [6.07, 6.45) is 3.66. The van der Waals surface area contributed by atoms with Gasteiger partial charge in [-0.2, -0.15) is 0 Å². The molecule has 0 radical (unpaired) electrons. The summed E-state index contributed by atoms with van der Waals surface area (Å²) in [7, 11) is 0. The third-order valence-electron chi connectivity index (χ3n) is 2.17. The van der Waals surface area contributed by atoms with Gasteiger partial charge in [-0.25, -0.2) is 9.18 Å². The topological polar surface area (TPSA) is 26.3 Å². The van der Waals surface area contributed by atoms with E-state index >= 15 is 0 Å². The third kappa shape index (κ3) is 4.26. The summed E-state index contributed by atoms with van der Waals surface area (Å²) in [5.74, 6) is -0.669. The summed E-state index contributed by atoms with van der Waals surface area (Å²) < 4.78 is 17.6. The number of carbonyl (C=O) groups excluding carboxylic acids is 1.